The second-order valence-electron chi connectivity index (χ2n) is 13.0. The van der Waals surface area contributed by atoms with Gasteiger partial charge in [-0.2, -0.15) is 0 Å². The van der Waals surface area contributed by atoms with Crippen molar-refractivity contribution in [3.05, 3.63) is 24.3 Å². The van der Waals surface area contributed by atoms with Gasteiger partial charge in [-0.3, -0.25) is 9.59 Å². The number of rotatable bonds is 24. The van der Waals surface area contributed by atoms with E-state index in [0.29, 0.717) is 30.6 Å². The number of carboxylic acids is 2. The highest BCUT2D eigenvalue weighted by Crippen LogP contribution is 2.50. The minimum Gasteiger partial charge on any atom is -0.481 e. The van der Waals surface area contributed by atoms with Gasteiger partial charge in [-0.25, -0.2) is 0 Å². The highest BCUT2D eigenvalue weighted by atomic mass is 16.4. The smallest absolute Gasteiger partial charge is 0.303 e. The summed E-state index contributed by atoms with van der Waals surface area (Å²) in [4.78, 5) is 21.6. The number of fused-ring (bicyclic) bond motifs is 1. The van der Waals surface area contributed by atoms with Crippen LogP contribution in [-0.2, 0) is 9.59 Å². The Balaban J connectivity index is 2.02. The van der Waals surface area contributed by atoms with Gasteiger partial charge in [0.1, 0.15) is 0 Å². The maximum Gasteiger partial charge on any atom is 0.303 e. The van der Waals surface area contributed by atoms with Gasteiger partial charge < -0.3 is 10.2 Å². The molecule has 2 N–H and O–H groups in total. The largest absolute Gasteiger partial charge is 0.481 e. The van der Waals surface area contributed by atoms with Gasteiger partial charge in [-0.05, 0) is 74.0 Å². The van der Waals surface area contributed by atoms with Crippen molar-refractivity contribution >= 4 is 11.9 Å². The van der Waals surface area contributed by atoms with Crippen LogP contribution in [0.1, 0.15) is 155 Å². The summed E-state index contributed by atoms with van der Waals surface area (Å²) >= 11 is 0. The fourth-order valence-corrected chi connectivity index (χ4v) is 7.58. The Morgan fingerprint density at radius 1 is 0.475 bits per heavy atom. The van der Waals surface area contributed by atoms with Gasteiger partial charge in [0.25, 0.3) is 0 Å². The molecule has 0 saturated heterocycles. The lowest BCUT2D eigenvalue weighted by Gasteiger charge is -2.46. The average Bonchev–Trinajstić information content (AvgIpc) is 2.93. The first kappa shape index (κ1) is 34.6. The van der Waals surface area contributed by atoms with Crippen molar-refractivity contribution in [1.82, 2.24) is 0 Å². The molecule has 0 aliphatic heterocycles. The van der Waals surface area contributed by atoms with Gasteiger partial charge in [0.05, 0.1) is 0 Å². The summed E-state index contributed by atoms with van der Waals surface area (Å²) < 4.78 is 0. The van der Waals surface area contributed by atoms with Crippen LogP contribution in [0.15, 0.2) is 24.3 Å². The number of carboxylic acid groups (broad SMARTS) is 2. The molecule has 2 aliphatic carbocycles. The molecule has 0 radical (unpaired) electrons. The minimum atomic E-state index is -0.673. The quantitative estimate of drug-likeness (QED) is 0.0912. The topological polar surface area (TPSA) is 74.6 Å². The van der Waals surface area contributed by atoms with E-state index >= 15 is 0 Å². The molecule has 4 heteroatoms. The normalized spacial score (nSPS) is 25.6. The van der Waals surface area contributed by atoms with Gasteiger partial charge in [0, 0.05) is 12.8 Å². The molecule has 2 rings (SSSR count). The van der Waals surface area contributed by atoms with E-state index in [1.807, 2.05) is 0 Å². The highest BCUT2D eigenvalue weighted by Gasteiger charge is 2.41. The van der Waals surface area contributed by atoms with E-state index in [-0.39, 0.29) is 0 Å². The third-order valence-corrected chi connectivity index (χ3v) is 9.83. The fourth-order valence-electron chi connectivity index (χ4n) is 7.58. The van der Waals surface area contributed by atoms with Crippen LogP contribution < -0.4 is 0 Å². The summed E-state index contributed by atoms with van der Waals surface area (Å²) in [5, 5.41) is 17.8. The monoisotopic (exact) mass is 558 g/mol. The van der Waals surface area contributed by atoms with Crippen LogP contribution in [0.2, 0.25) is 0 Å². The van der Waals surface area contributed by atoms with Crippen LogP contribution in [0.4, 0.5) is 0 Å². The molecular formula is C36H62O4. The molecule has 0 spiro atoms. The van der Waals surface area contributed by atoms with E-state index in [1.54, 1.807) is 0 Å². The number of unbranched alkanes of at least 4 members (excludes halogenated alkanes) is 12. The molecule has 0 heterocycles. The van der Waals surface area contributed by atoms with E-state index in [1.165, 1.54) is 89.9 Å². The Morgan fingerprint density at radius 2 is 0.825 bits per heavy atom. The zero-order chi connectivity index (χ0) is 29.0. The number of hydrogen-bond donors (Lipinski definition) is 2. The van der Waals surface area contributed by atoms with E-state index in [2.05, 4.69) is 38.2 Å². The maximum absolute atomic E-state index is 10.8. The van der Waals surface area contributed by atoms with Gasteiger partial charge >= 0.3 is 11.9 Å². The Kier molecular flexibility index (Phi) is 18.3. The van der Waals surface area contributed by atoms with Crippen LogP contribution in [0.3, 0.4) is 0 Å². The van der Waals surface area contributed by atoms with Gasteiger partial charge in [-0.1, -0.05) is 128 Å². The van der Waals surface area contributed by atoms with Gasteiger partial charge in [0.15, 0.2) is 0 Å². The molecule has 0 amide bonds. The number of carbonyl (C=O) groups is 2. The molecule has 0 aromatic carbocycles. The van der Waals surface area contributed by atoms with Crippen LogP contribution >= 0.6 is 0 Å². The summed E-state index contributed by atoms with van der Waals surface area (Å²) in [7, 11) is 0. The van der Waals surface area contributed by atoms with Crippen LogP contribution in [0, 0.1) is 35.5 Å². The molecule has 6 atom stereocenters. The van der Waals surface area contributed by atoms with Crippen LogP contribution in [0.25, 0.3) is 0 Å². The SMILES string of the molecule is CCCCCC1C=CC2C(C=CC(CCCCCCCC(=O)O)C2CCCCCCCC(=O)O)C1CCCCC. The lowest BCUT2D eigenvalue weighted by molar-refractivity contribution is -0.138. The minimum absolute atomic E-state index is 0.304. The predicted octanol–water partition coefficient (Wildman–Crippen LogP) is 10.6. The lowest BCUT2D eigenvalue weighted by atomic mass is 9.58. The van der Waals surface area contributed by atoms with Crippen molar-refractivity contribution < 1.29 is 19.8 Å². The average molecular weight is 559 g/mol. The second-order valence-corrected chi connectivity index (χ2v) is 13.0. The van der Waals surface area contributed by atoms with Crippen LogP contribution in [0.5, 0.6) is 0 Å². The first-order chi connectivity index (χ1) is 19.5. The highest BCUT2D eigenvalue weighted by molar-refractivity contribution is 5.66. The first-order valence-electron chi connectivity index (χ1n) is 17.3. The molecule has 4 nitrogen and oxygen atoms in total. The van der Waals surface area contributed by atoms with Crippen molar-refractivity contribution in [3.8, 4) is 0 Å². The van der Waals surface area contributed by atoms with Crippen molar-refractivity contribution in [2.24, 2.45) is 35.5 Å². The van der Waals surface area contributed by atoms with Crippen molar-refractivity contribution in [2.75, 3.05) is 0 Å². The molecule has 230 valence electrons. The molecule has 0 saturated carbocycles. The molecular weight excluding hydrogens is 496 g/mol. The fraction of sp³-hybridized carbons (Fsp3) is 0.833. The zero-order valence-electron chi connectivity index (χ0n) is 26.0. The molecule has 6 unspecified atom stereocenters. The molecule has 0 bridgehead atoms. The van der Waals surface area contributed by atoms with Gasteiger partial charge in [-0.15, -0.1) is 0 Å². The van der Waals surface area contributed by atoms with E-state index in [4.69, 9.17) is 10.2 Å². The van der Waals surface area contributed by atoms with Crippen molar-refractivity contribution in [3.63, 3.8) is 0 Å². The third-order valence-electron chi connectivity index (χ3n) is 9.83. The number of hydrogen-bond acceptors (Lipinski definition) is 2. The van der Waals surface area contributed by atoms with Crippen molar-refractivity contribution in [2.45, 2.75) is 155 Å². The lowest BCUT2D eigenvalue weighted by Crippen LogP contribution is -2.39. The molecule has 2 aliphatic rings. The van der Waals surface area contributed by atoms with Crippen molar-refractivity contribution in [1.29, 1.82) is 0 Å². The van der Waals surface area contributed by atoms with E-state index < -0.39 is 11.9 Å². The Morgan fingerprint density at radius 3 is 1.25 bits per heavy atom. The molecule has 0 aromatic heterocycles. The standard InChI is InChI=1S/C36H62O4/c1-3-5-13-19-29-25-27-34-32(22-16-10-8-12-18-24-36(39)40)30(20-15-9-7-11-17-23-35(37)38)26-28-33(34)31(29)21-14-6-4-2/h25-34H,3-24H2,1-2H3,(H,37,38)(H,39,40). The molecule has 40 heavy (non-hydrogen) atoms. The summed E-state index contributed by atoms with van der Waals surface area (Å²) in [5.74, 6) is 2.94. The van der Waals surface area contributed by atoms with Crippen LogP contribution in [-0.4, -0.2) is 22.2 Å². The summed E-state index contributed by atoms with van der Waals surface area (Å²) in [6.45, 7) is 4.62. The molecule has 0 aromatic rings. The third kappa shape index (κ3) is 13.4. The summed E-state index contributed by atoms with van der Waals surface area (Å²) in [5.41, 5.74) is 0. The second kappa shape index (κ2) is 21.2. The summed E-state index contributed by atoms with van der Waals surface area (Å²) in [6, 6.07) is 0. The Labute approximate surface area is 246 Å². The molecule has 0 fully saturated rings. The predicted molar refractivity (Wildman–Crippen MR) is 167 cm³/mol. The van der Waals surface area contributed by atoms with E-state index in [0.717, 1.165) is 56.3 Å². The van der Waals surface area contributed by atoms with E-state index in [9.17, 15) is 9.59 Å². The first-order valence-corrected chi connectivity index (χ1v) is 17.3. The summed E-state index contributed by atoms with van der Waals surface area (Å²) in [6.07, 6.45) is 35.4. The zero-order valence-corrected chi connectivity index (χ0v) is 26.0. The maximum atomic E-state index is 10.8. The number of aliphatic carboxylic acids is 2. The number of allylic oxidation sites excluding steroid dienone is 4. The Bertz CT molecular complexity index is 741. The Hall–Kier alpha value is -1.58. The van der Waals surface area contributed by atoms with Gasteiger partial charge in [0.2, 0.25) is 0 Å².